The van der Waals surface area contributed by atoms with Gasteiger partial charge in [0.25, 0.3) is 0 Å². The van der Waals surface area contributed by atoms with Gasteiger partial charge in [0, 0.05) is 26.3 Å². The van der Waals surface area contributed by atoms with Crippen molar-refractivity contribution in [1.82, 2.24) is 9.97 Å². The molecule has 0 radical (unpaired) electrons. The van der Waals surface area contributed by atoms with E-state index in [9.17, 15) is 0 Å². The Bertz CT molecular complexity index is 394. The van der Waals surface area contributed by atoms with Crippen molar-refractivity contribution in [3.05, 3.63) is 12.4 Å². The fourth-order valence-electron chi connectivity index (χ4n) is 2.01. The van der Waals surface area contributed by atoms with Crippen molar-refractivity contribution in [3.8, 4) is 5.88 Å². The minimum atomic E-state index is 0.408. The number of rotatable bonds is 9. The van der Waals surface area contributed by atoms with Gasteiger partial charge in [-0.1, -0.05) is 6.92 Å². The minimum absolute atomic E-state index is 0.408. The molecule has 5 nitrogen and oxygen atoms in total. The van der Waals surface area contributed by atoms with E-state index in [1.165, 1.54) is 12.8 Å². The number of hydrogen-bond donors (Lipinski definition) is 1. The van der Waals surface area contributed by atoms with Gasteiger partial charge in [-0.15, -0.1) is 0 Å². The van der Waals surface area contributed by atoms with Crippen molar-refractivity contribution in [2.75, 3.05) is 32.2 Å². The zero-order chi connectivity index (χ0) is 13.6. The molecule has 106 valence electrons. The third-order valence-electron chi connectivity index (χ3n) is 3.53. The van der Waals surface area contributed by atoms with Gasteiger partial charge >= 0.3 is 0 Å². The van der Waals surface area contributed by atoms with E-state index in [-0.39, 0.29) is 0 Å². The van der Waals surface area contributed by atoms with E-state index in [1.54, 1.807) is 13.4 Å². The molecule has 1 heterocycles. The topological polar surface area (TPSA) is 56.3 Å². The van der Waals surface area contributed by atoms with Gasteiger partial charge in [-0.05, 0) is 31.1 Å². The number of nitrogens with zero attached hydrogens (tertiary/aromatic N) is 2. The van der Waals surface area contributed by atoms with E-state index < -0.39 is 0 Å². The highest BCUT2D eigenvalue weighted by molar-refractivity contribution is 5.37. The van der Waals surface area contributed by atoms with Crippen molar-refractivity contribution < 1.29 is 9.47 Å². The summed E-state index contributed by atoms with van der Waals surface area (Å²) in [5.74, 6) is 1.48. The van der Waals surface area contributed by atoms with Crippen molar-refractivity contribution in [2.45, 2.75) is 32.6 Å². The first-order valence-corrected chi connectivity index (χ1v) is 6.96. The predicted molar refractivity (Wildman–Crippen MR) is 74.5 cm³/mol. The maximum atomic E-state index is 5.50. The van der Waals surface area contributed by atoms with Crippen LogP contribution < -0.4 is 10.1 Å². The Kier molecular flexibility index (Phi) is 4.96. The molecule has 0 saturated heterocycles. The van der Waals surface area contributed by atoms with Crippen LogP contribution in [0.15, 0.2) is 12.4 Å². The van der Waals surface area contributed by atoms with E-state index in [1.807, 2.05) is 6.07 Å². The second-order valence-electron chi connectivity index (χ2n) is 5.19. The number of nitrogens with one attached hydrogen (secondary N) is 1. The second kappa shape index (κ2) is 6.70. The van der Waals surface area contributed by atoms with Crippen molar-refractivity contribution >= 4 is 5.82 Å². The standard InChI is InChI=1S/C14H23N3O2/c1-3-7-19-13-9-12(16-11-17-13)15-10-14(4-5-14)6-8-18-2/h9,11H,3-8,10H2,1-2H3,(H,15,16,17). The lowest BCUT2D eigenvalue weighted by molar-refractivity contribution is 0.175. The fourth-order valence-corrected chi connectivity index (χ4v) is 2.01. The molecule has 0 amide bonds. The largest absolute Gasteiger partial charge is 0.478 e. The number of anilines is 1. The summed E-state index contributed by atoms with van der Waals surface area (Å²) in [5.41, 5.74) is 0.408. The van der Waals surface area contributed by atoms with Crippen LogP contribution in [-0.2, 0) is 4.74 Å². The third kappa shape index (κ3) is 4.35. The highest BCUT2D eigenvalue weighted by atomic mass is 16.5. The van der Waals surface area contributed by atoms with Gasteiger partial charge < -0.3 is 14.8 Å². The molecule has 1 aliphatic carbocycles. The summed E-state index contributed by atoms with van der Waals surface area (Å²) in [5, 5.41) is 3.39. The molecule has 0 atom stereocenters. The summed E-state index contributed by atoms with van der Waals surface area (Å²) < 4.78 is 10.7. The molecule has 1 fully saturated rings. The molecule has 1 saturated carbocycles. The van der Waals surface area contributed by atoms with Gasteiger partial charge in [0.2, 0.25) is 5.88 Å². The van der Waals surface area contributed by atoms with Crippen LogP contribution in [0.25, 0.3) is 0 Å². The van der Waals surface area contributed by atoms with Gasteiger partial charge in [0.05, 0.1) is 6.61 Å². The van der Waals surface area contributed by atoms with Crippen LogP contribution in [0.3, 0.4) is 0 Å². The monoisotopic (exact) mass is 265 g/mol. The van der Waals surface area contributed by atoms with Crippen molar-refractivity contribution in [3.63, 3.8) is 0 Å². The van der Waals surface area contributed by atoms with Gasteiger partial charge in [-0.3, -0.25) is 0 Å². The molecule has 5 heteroatoms. The predicted octanol–water partition coefficient (Wildman–Crippen LogP) is 2.49. The zero-order valence-electron chi connectivity index (χ0n) is 11.8. The summed E-state index contributed by atoms with van der Waals surface area (Å²) in [6.07, 6.45) is 6.18. The molecule has 1 aliphatic rings. The highest BCUT2D eigenvalue weighted by Gasteiger charge is 2.41. The lowest BCUT2D eigenvalue weighted by Crippen LogP contribution is -2.18. The molecular weight excluding hydrogens is 242 g/mol. The summed E-state index contributed by atoms with van der Waals surface area (Å²) in [7, 11) is 1.76. The maximum Gasteiger partial charge on any atom is 0.218 e. The average Bonchev–Trinajstić information content (AvgIpc) is 3.22. The molecule has 19 heavy (non-hydrogen) atoms. The Balaban J connectivity index is 1.82. The van der Waals surface area contributed by atoms with E-state index in [0.29, 0.717) is 17.9 Å². The van der Waals surface area contributed by atoms with Crippen LogP contribution in [0.2, 0.25) is 0 Å². The fraction of sp³-hybridized carbons (Fsp3) is 0.714. The quantitative estimate of drug-likeness (QED) is 0.743. The summed E-state index contributed by atoms with van der Waals surface area (Å²) in [6, 6.07) is 1.86. The molecule has 1 aromatic heterocycles. The number of methoxy groups -OCH3 is 1. The molecule has 0 unspecified atom stereocenters. The van der Waals surface area contributed by atoms with E-state index >= 15 is 0 Å². The minimum Gasteiger partial charge on any atom is -0.478 e. The Morgan fingerprint density at radius 3 is 2.84 bits per heavy atom. The number of hydrogen-bond acceptors (Lipinski definition) is 5. The lowest BCUT2D eigenvalue weighted by Gasteiger charge is -2.16. The highest BCUT2D eigenvalue weighted by Crippen LogP contribution is 2.48. The molecular formula is C14H23N3O2. The molecule has 0 bridgehead atoms. The van der Waals surface area contributed by atoms with Crippen molar-refractivity contribution in [2.24, 2.45) is 5.41 Å². The summed E-state index contributed by atoms with van der Waals surface area (Å²) in [6.45, 7) is 4.54. The average molecular weight is 265 g/mol. The third-order valence-corrected chi connectivity index (χ3v) is 3.53. The Labute approximate surface area is 114 Å². The van der Waals surface area contributed by atoms with Crippen molar-refractivity contribution in [1.29, 1.82) is 0 Å². The number of aromatic nitrogens is 2. The normalized spacial score (nSPS) is 16.1. The molecule has 0 aliphatic heterocycles. The van der Waals surface area contributed by atoms with Crippen LogP contribution in [-0.4, -0.2) is 36.8 Å². The van der Waals surface area contributed by atoms with E-state index in [0.717, 1.165) is 31.8 Å². The molecule has 2 rings (SSSR count). The van der Waals surface area contributed by atoms with Gasteiger partial charge in [-0.25, -0.2) is 9.97 Å². The van der Waals surface area contributed by atoms with E-state index in [2.05, 4.69) is 22.2 Å². The smallest absolute Gasteiger partial charge is 0.218 e. The first kappa shape index (κ1) is 14.1. The van der Waals surface area contributed by atoms with Gasteiger partial charge in [-0.2, -0.15) is 0 Å². The Hall–Kier alpha value is -1.36. The Morgan fingerprint density at radius 1 is 1.32 bits per heavy atom. The van der Waals surface area contributed by atoms with Crippen LogP contribution in [0.1, 0.15) is 32.6 Å². The number of ether oxygens (including phenoxy) is 2. The molecule has 1 N–H and O–H groups in total. The SMILES string of the molecule is CCCOc1cc(NCC2(CCOC)CC2)ncn1. The van der Waals surface area contributed by atoms with Gasteiger partial charge in [0.1, 0.15) is 12.1 Å². The van der Waals surface area contributed by atoms with Crippen LogP contribution in [0.4, 0.5) is 5.82 Å². The van der Waals surface area contributed by atoms with E-state index in [4.69, 9.17) is 9.47 Å². The van der Waals surface area contributed by atoms with Gasteiger partial charge in [0.15, 0.2) is 0 Å². The molecule has 0 aromatic carbocycles. The first-order valence-electron chi connectivity index (χ1n) is 6.96. The second-order valence-corrected chi connectivity index (χ2v) is 5.19. The summed E-state index contributed by atoms with van der Waals surface area (Å²) >= 11 is 0. The summed E-state index contributed by atoms with van der Waals surface area (Å²) in [4.78, 5) is 8.32. The molecule has 0 spiro atoms. The lowest BCUT2D eigenvalue weighted by atomic mass is 10.0. The van der Waals surface area contributed by atoms with Crippen LogP contribution >= 0.6 is 0 Å². The Morgan fingerprint density at radius 2 is 2.16 bits per heavy atom. The first-order chi connectivity index (χ1) is 9.28. The molecule has 1 aromatic rings. The van der Waals surface area contributed by atoms with Crippen LogP contribution in [0, 0.1) is 5.41 Å². The van der Waals surface area contributed by atoms with Crippen LogP contribution in [0.5, 0.6) is 5.88 Å². The zero-order valence-corrected chi connectivity index (χ0v) is 11.8. The maximum absolute atomic E-state index is 5.50.